The third-order valence-corrected chi connectivity index (χ3v) is 4.29. The smallest absolute Gasteiger partial charge is 0.354 e. The number of nitrogens with two attached hydrogens (primary N) is 1. The van der Waals surface area contributed by atoms with Gasteiger partial charge in [-0.3, -0.25) is 0 Å². The first-order valence-corrected chi connectivity index (χ1v) is 7.20. The maximum Gasteiger partial charge on any atom is 0.354 e. The molecule has 1 aliphatic rings. The van der Waals surface area contributed by atoms with Crippen molar-refractivity contribution in [3.05, 3.63) is 28.4 Å². The van der Waals surface area contributed by atoms with Crippen molar-refractivity contribution in [2.45, 2.75) is 25.7 Å². The number of aromatic nitrogens is 2. The first-order chi connectivity index (χ1) is 9.63. The highest BCUT2D eigenvalue weighted by Gasteiger charge is 2.16. The number of aromatic carboxylic acids is 1. The number of fused-ring (bicyclic) bond motifs is 1. The average molecular weight is 290 g/mol. The van der Waals surface area contributed by atoms with Gasteiger partial charge in [0.2, 0.25) is 0 Å². The summed E-state index contributed by atoms with van der Waals surface area (Å²) in [6.45, 7) is 0. The lowest BCUT2D eigenvalue weighted by molar-refractivity contribution is 0.0690. The molecule has 20 heavy (non-hydrogen) atoms. The summed E-state index contributed by atoms with van der Waals surface area (Å²) in [4.78, 5) is 20.8. The zero-order valence-corrected chi connectivity index (χ0v) is 11.5. The fourth-order valence-corrected chi connectivity index (χ4v) is 3.24. The molecule has 0 atom stereocenters. The molecule has 0 aromatic carbocycles. The van der Waals surface area contributed by atoms with Crippen LogP contribution in [0, 0.1) is 0 Å². The molecular formula is C13H14N4O2S. The number of carboxylic acids is 1. The van der Waals surface area contributed by atoms with Crippen LogP contribution in [0.2, 0.25) is 0 Å². The molecule has 2 aromatic heterocycles. The minimum Gasteiger partial charge on any atom is -0.477 e. The van der Waals surface area contributed by atoms with Gasteiger partial charge in [-0.2, -0.15) is 0 Å². The molecule has 2 aromatic rings. The zero-order valence-electron chi connectivity index (χ0n) is 10.7. The Morgan fingerprint density at radius 2 is 2.10 bits per heavy atom. The van der Waals surface area contributed by atoms with Crippen molar-refractivity contribution in [3.63, 3.8) is 0 Å². The van der Waals surface area contributed by atoms with Crippen LogP contribution in [0.25, 0.3) is 0 Å². The second kappa shape index (κ2) is 5.09. The van der Waals surface area contributed by atoms with E-state index in [-0.39, 0.29) is 5.69 Å². The molecule has 3 rings (SSSR count). The van der Waals surface area contributed by atoms with Gasteiger partial charge < -0.3 is 16.2 Å². The van der Waals surface area contributed by atoms with Crippen LogP contribution < -0.4 is 11.1 Å². The maximum atomic E-state index is 10.9. The molecule has 2 heterocycles. The van der Waals surface area contributed by atoms with Crippen molar-refractivity contribution in [3.8, 4) is 0 Å². The summed E-state index contributed by atoms with van der Waals surface area (Å²) in [5, 5.41) is 12.7. The molecule has 104 valence electrons. The predicted molar refractivity (Wildman–Crippen MR) is 77.6 cm³/mol. The van der Waals surface area contributed by atoms with E-state index in [1.807, 2.05) is 0 Å². The van der Waals surface area contributed by atoms with E-state index in [4.69, 9.17) is 10.8 Å². The topological polar surface area (TPSA) is 101 Å². The Kier molecular flexibility index (Phi) is 3.27. The Bertz CT molecular complexity index is 645. The molecular weight excluding hydrogens is 276 g/mol. The number of thiazole rings is 1. The lowest BCUT2D eigenvalue weighted by Gasteiger charge is -2.06. The summed E-state index contributed by atoms with van der Waals surface area (Å²) in [7, 11) is 0. The van der Waals surface area contributed by atoms with Crippen LogP contribution in [0.3, 0.4) is 0 Å². The number of anilines is 3. The summed E-state index contributed by atoms with van der Waals surface area (Å²) in [5.74, 6) is -0.734. The molecule has 7 heteroatoms. The zero-order chi connectivity index (χ0) is 14.1. The normalized spacial score (nSPS) is 13.8. The first-order valence-electron chi connectivity index (χ1n) is 6.39. The van der Waals surface area contributed by atoms with Crippen LogP contribution in [-0.2, 0) is 12.8 Å². The van der Waals surface area contributed by atoms with Gasteiger partial charge in [-0.05, 0) is 37.8 Å². The SMILES string of the molecule is Nc1ccc(C(=O)O)nc1Nc1nc2c(s1)CCCC2. The molecule has 0 bridgehead atoms. The third-order valence-electron chi connectivity index (χ3n) is 3.22. The van der Waals surface area contributed by atoms with Crippen molar-refractivity contribution in [2.24, 2.45) is 0 Å². The quantitative estimate of drug-likeness (QED) is 0.802. The molecule has 1 aliphatic carbocycles. The summed E-state index contributed by atoms with van der Waals surface area (Å²) < 4.78 is 0. The largest absolute Gasteiger partial charge is 0.477 e. The number of pyridine rings is 1. The minimum absolute atomic E-state index is 0.0389. The summed E-state index contributed by atoms with van der Waals surface area (Å²) in [5.41, 5.74) is 7.32. The fourth-order valence-electron chi connectivity index (χ4n) is 2.20. The molecule has 0 fully saturated rings. The summed E-state index contributed by atoms with van der Waals surface area (Å²) >= 11 is 1.59. The molecule has 6 nitrogen and oxygen atoms in total. The van der Waals surface area contributed by atoms with Crippen LogP contribution in [-0.4, -0.2) is 21.0 Å². The second-order valence-corrected chi connectivity index (χ2v) is 5.74. The predicted octanol–water partition coefficient (Wildman–Crippen LogP) is 2.44. The lowest BCUT2D eigenvalue weighted by atomic mass is 10.0. The monoisotopic (exact) mass is 290 g/mol. The van der Waals surface area contributed by atoms with Gasteiger partial charge in [0.1, 0.15) is 0 Å². The third kappa shape index (κ3) is 2.44. The number of aryl methyl sites for hydroxylation is 2. The number of rotatable bonds is 3. The fraction of sp³-hybridized carbons (Fsp3) is 0.308. The van der Waals surface area contributed by atoms with E-state index >= 15 is 0 Å². The molecule has 4 N–H and O–H groups in total. The average Bonchev–Trinajstić information content (AvgIpc) is 2.83. The van der Waals surface area contributed by atoms with Crippen molar-refractivity contribution >= 4 is 33.9 Å². The Morgan fingerprint density at radius 3 is 2.85 bits per heavy atom. The minimum atomic E-state index is -1.08. The van der Waals surface area contributed by atoms with Crippen LogP contribution in [0.5, 0.6) is 0 Å². The van der Waals surface area contributed by atoms with Crippen LogP contribution >= 0.6 is 11.3 Å². The van der Waals surface area contributed by atoms with E-state index < -0.39 is 5.97 Å². The van der Waals surface area contributed by atoms with Crippen molar-refractivity contribution in [1.82, 2.24) is 9.97 Å². The number of nitrogens with zero attached hydrogens (tertiary/aromatic N) is 2. The highest BCUT2D eigenvalue weighted by atomic mass is 32.1. The van der Waals surface area contributed by atoms with Crippen LogP contribution in [0.15, 0.2) is 12.1 Å². The molecule has 0 unspecified atom stereocenters. The molecule has 0 amide bonds. The van der Waals surface area contributed by atoms with Crippen molar-refractivity contribution in [1.29, 1.82) is 0 Å². The number of carbonyl (C=O) groups is 1. The van der Waals surface area contributed by atoms with E-state index in [1.165, 1.54) is 29.9 Å². The maximum absolute atomic E-state index is 10.9. The molecule has 0 aliphatic heterocycles. The van der Waals surface area contributed by atoms with E-state index in [9.17, 15) is 4.79 Å². The van der Waals surface area contributed by atoms with Gasteiger partial charge in [0.25, 0.3) is 0 Å². The van der Waals surface area contributed by atoms with Crippen LogP contribution in [0.4, 0.5) is 16.6 Å². The van der Waals surface area contributed by atoms with Gasteiger partial charge in [0, 0.05) is 4.88 Å². The number of hydrogen-bond donors (Lipinski definition) is 3. The highest BCUT2D eigenvalue weighted by molar-refractivity contribution is 7.15. The first kappa shape index (κ1) is 12.9. The van der Waals surface area contributed by atoms with Gasteiger partial charge >= 0.3 is 5.97 Å². The lowest BCUT2D eigenvalue weighted by Crippen LogP contribution is -2.05. The standard InChI is InChI=1S/C13H14N4O2S/c14-7-5-6-9(12(18)19)15-11(7)17-13-16-8-3-1-2-4-10(8)20-13/h5-6H,1-4,14H2,(H,18,19)(H,15,16,17). The van der Waals surface area contributed by atoms with Gasteiger partial charge in [0.15, 0.2) is 16.6 Å². The number of nitrogen functional groups attached to an aromatic ring is 1. The molecule has 0 spiro atoms. The highest BCUT2D eigenvalue weighted by Crippen LogP contribution is 2.32. The molecule has 0 saturated carbocycles. The van der Waals surface area contributed by atoms with Gasteiger partial charge in [-0.1, -0.05) is 0 Å². The number of carboxylic acid groups (broad SMARTS) is 1. The van der Waals surface area contributed by atoms with E-state index in [1.54, 1.807) is 11.3 Å². The summed E-state index contributed by atoms with van der Waals surface area (Å²) in [6.07, 6.45) is 4.44. The van der Waals surface area contributed by atoms with Crippen LogP contribution in [0.1, 0.15) is 33.9 Å². The number of hydrogen-bond acceptors (Lipinski definition) is 6. The van der Waals surface area contributed by atoms with Crippen molar-refractivity contribution < 1.29 is 9.90 Å². The van der Waals surface area contributed by atoms with Crippen molar-refractivity contribution in [2.75, 3.05) is 11.1 Å². The van der Waals surface area contributed by atoms with Gasteiger partial charge in [0.05, 0.1) is 11.4 Å². The summed E-state index contributed by atoms with van der Waals surface area (Å²) in [6, 6.07) is 2.92. The Hall–Kier alpha value is -2.15. The Morgan fingerprint density at radius 1 is 1.30 bits per heavy atom. The Balaban J connectivity index is 1.88. The number of nitrogens with one attached hydrogen (secondary N) is 1. The second-order valence-electron chi connectivity index (χ2n) is 4.66. The molecule has 0 saturated heterocycles. The Labute approximate surface area is 119 Å². The van der Waals surface area contributed by atoms with E-state index in [0.29, 0.717) is 11.5 Å². The van der Waals surface area contributed by atoms with E-state index in [0.717, 1.165) is 23.7 Å². The van der Waals surface area contributed by atoms with Gasteiger partial charge in [-0.15, -0.1) is 11.3 Å². The molecule has 0 radical (unpaired) electrons. The van der Waals surface area contributed by atoms with E-state index in [2.05, 4.69) is 15.3 Å². The van der Waals surface area contributed by atoms with Gasteiger partial charge in [-0.25, -0.2) is 14.8 Å².